The quantitative estimate of drug-likeness (QED) is 0.272. The van der Waals surface area contributed by atoms with Crippen molar-refractivity contribution in [3.05, 3.63) is 0 Å². The van der Waals surface area contributed by atoms with Crippen LogP contribution in [0.1, 0.15) is 13.8 Å². The van der Waals surface area contributed by atoms with Gasteiger partial charge in [0.2, 0.25) is 0 Å². The van der Waals surface area contributed by atoms with E-state index in [0.717, 1.165) is 0 Å². The summed E-state index contributed by atoms with van der Waals surface area (Å²) < 4.78 is 22.6. The molecule has 2 rings (SSSR count). The van der Waals surface area contributed by atoms with E-state index in [1.165, 1.54) is 0 Å². The smallest absolute Gasteiger partial charge is 0.163 e. The van der Waals surface area contributed by atoms with E-state index in [2.05, 4.69) is 12.6 Å². The Labute approximate surface area is 158 Å². The zero-order chi connectivity index (χ0) is 19.4. The maximum Gasteiger partial charge on any atom is 0.163 e. The lowest BCUT2D eigenvalue weighted by molar-refractivity contribution is -0.344. The standard InChI is InChI=1S/C16H30O9S/c1-7-11(19)13(21)9(5-17)23-16(7)25-14-10(6-18)24-15(22-3-4-26)8(2)12(14)20/h7-21,26H,3-6H2,1-2H3/t7-,8-,9?,10?,11?,12?,13+,14+,15+,16-/m0/s1. The Morgan fingerprint density at radius 1 is 0.846 bits per heavy atom. The Morgan fingerprint density at radius 2 is 1.42 bits per heavy atom. The minimum Gasteiger partial charge on any atom is -0.394 e. The molecular weight excluding hydrogens is 368 g/mol. The van der Waals surface area contributed by atoms with Crippen molar-refractivity contribution in [3.63, 3.8) is 0 Å². The molecule has 0 aromatic carbocycles. The first kappa shape index (κ1) is 22.3. The maximum atomic E-state index is 10.6. The van der Waals surface area contributed by atoms with E-state index >= 15 is 0 Å². The van der Waals surface area contributed by atoms with Crippen LogP contribution in [0, 0.1) is 11.8 Å². The second kappa shape index (κ2) is 9.97. The SMILES string of the molecule is C[C@H]1C(O)[C@H](O)C(CO)O[C@H]1O[C@@H]1C(CO)O[C@@H](OCCS)[C@@H](C)C1O. The summed E-state index contributed by atoms with van der Waals surface area (Å²) in [5.74, 6) is -0.568. The number of thiol groups is 1. The Bertz CT molecular complexity index is 425. The highest BCUT2D eigenvalue weighted by atomic mass is 32.1. The van der Waals surface area contributed by atoms with Crippen molar-refractivity contribution in [2.75, 3.05) is 25.6 Å². The molecule has 0 aromatic rings. The van der Waals surface area contributed by atoms with Crippen molar-refractivity contribution < 1.29 is 44.5 Å². The molecule has 0 saturated carbocycles. The van der Waals surface area contributed by atoms with E-state index in [4.69, 9.17) is 18.9 Å². The molecule has 0 aliphatic carbocycles. The Morgan fingerprint density at radius 3 is 2.00 bits per heavy atom. The fourth-order valence-corrected chi connectivity index (χ4v) is 3.36. The molecule has 2 aliphatic rings. The van der Waals surface area contributed by atoms with Gasteiger partial charge in [-0.15, -0.1) is 0 Å². The van der Waals surface area contributed by atoms with Crippen molar-refractivity contribution in [3.8, 4) is 0 Å². The number of hydrogen-bond donors (Lipinski definition) is 6. The molecule has 4 unspecified atom stereocenters. The Kier molecular flexibility index (Phi) is 8.54. The lowest BCUT2D eigenvalue weighted by Gasteiger charge is -2.47. The summed E-state index contributed by atoms with van der Waals surface area (Å²) >= 11 is 4.07. The number of ether oxygens (including phenoxy) is 4. The summed E-state index contributed by atoms with van der Waals surface area (Å²) in [6, 6.07) is 0. The third-order valence-electron chi connectivity index (χ3n) is 5.01. The summed E-state index contributed by atoms with van der Waals surface area (Å²) in [5.41, 5.74) is 0. The maximum absolute atomic E-state index is 10.6. The third kappa shape index (κ3) is 4.69. The Balaban J connectivity index is 2.09. The van der Waals surface area contributed by atoms with Gasteiger partial charge in [0, 0.05) is 17.6 Å². The molecule has 0 bridgehead atoms. The highest BCUT2D eigenvalue weighted by Gasteiger charge is 2.49. The number of hydrogen-bond acceptors (Lipinski definition) is 10. The minimum atomic E-state index is -1.24. The first-order chi connectivity index (χ1) is 12.3. The van der Waals surface area contributed by atoms with Gasteiger partial charge in [-0.2, -0.15) is 12.6 Å². The molecule has 2 heterocycles. The van der Waals surface area contributed by atoms with Crippen LogP contribution in [0.5, 0.6) is 0 Å². The van der Waals surface area contributed by atoms with Crippen LogP contribution in [0.3, 0.4) is 0 Å². The van der Waals surface area contributed by atoms with Gasteiger partial charge in [0.15, 0.2) is 12.6 Å². The monoisotopic (exact) mass is 398 g/mol. The summed E-state index contributed by atoms with van der Waals surface area (Å²) in [5, 5.41) is 49.6. The summed E-state index contributed by atoms with van der Waals surface area (Å²) in [6.45, 7) is 2.79. The fraction of sp³-hybridized carbons (Fsp3) is 1.00. The minimum absolute atomic E-state index is 0.333. The normalized spacial score (nSPS) is 47.1. The average Bonchev–Trinajstić information content (AvgIpc) is 2.64. The van der Waals surface area contributed by atoms with Crippen LogP contribution in [0.25, 0.3) is 0 Å². The number of rotatable bonds is 7. The molecule has 2 aliphatic heterocycles. The highest BCUT2D eigenvalue weighted by molar-refractivity contribution is 7.80. The van der Waals surface area contributed by atoms with E-state index < -0.39 is 74.3 Å². The first-order valence-corrected chi connectivity index (χ1v) is 9.43. The van der Waals surface area contributed by atoms with Gasteiger partial charge in [0.05, 0.1) is 32.0 Å². The van der Waals surface area contributed by atoms with Gasteiger partial charge in [-0.3, -0.25) is 0 Å². The van der Waals surface area contributed by atoms with Gasteiger partial charge in [-0.05, 0) is 0 Å². The van der Waals surface area contributed by atoms with Crippen molar-refractivity contribution in [2.24, 2.45) is 11.8 Å². The van der Waals surface area contributed by atoms with E-state index in [1.54, 1.807) is 13.8 Å². The molecular formula is C16H30O9S. The molecule has 0 aromatic heterocycles. The van der Waals surface area contributed by atoms with Gasteiger partial charge < -0.3 is 44.5 Å². The van der Waals surface area contributed by atoms with Gasteiger partial charge in [-0.1, -0.05) is 13.8 Å². The van der Waals surface area contributed by atoms with Crippen LogP contribution >= 0.6 is 12.6 Å². The third-order valence-corrected chi connectivity index (χ3v) is 5.19. The lowest BCUT2D eigenvalue weighted by Crippen LogP contribution is -2.61. The molecule has 26 heavy (non-hydrogen) atoms. The average molecular weight is 398 g/mol. The molecule has 9 nitrogen and oxygen atoms in total. The van der Waals surface area contributed by atoms with Gasteiger partial charge in [0.25, 0.3) is 0 Å². The fourth-order valence-electron chi connectivity index (χ4n) is 3.26. The second-order valence-electron chi connectivity index (χ2n) is 6.84. The lowest BCUT2D eigenvalue weighted by atomic mass is 9.90. The van der Waals surface area contributed by atoms with Gasteiger partial charge in [0.1, 0.15) is 24.4 Å². The van der Waals surface area contributed by atoms with Crippen molar-refractivity contribution in [1.29, 1.82) is 0 Å². The molecule has 0 spiro atoms. The molecule has 5 N–H and O–H groups in total. The topological polar surface area (TPSA) is 138 Å². The summed E-state index contributed by atoms with van der Waals surface area (Å²) in [6.07, 6.45) is -7.93. The Hall–Kier alpha value is -0.0100. The second-order valence-corrected chi connectivity index (χ2v) is 7.28. The molecule has 0 amide bonds. The molecule has 2 saturated heterocycles. The van der Waals surface area contributed by atoms with Crippen LogP contribution in [0.2, 0.25) is 0 Å². The van der Waals surface area contributed by atoms with Crippen molar-refractivity contribution in [1.82, 2.24) is 0 Å². The van der Waals surface area contributed by atoms with Crippen LogP contribution in [-0.4, -0.2) is 100 Å². The van der Waals surface area contributed by atoms with Crippen LogP contribution in [0.15, 0.2) is 0 Å². The zero-order valence-corrected chi connectivity index (χ0v) is 15.8. The molecule has 10 heteroatoms. The van der Waals surface area contributed by atoms with Crippen molar-refractivity contribution >= 4 is 12.6 Å². The molecule has 0 radical (unpaired) electrons. The van der Waals surface area contributed by atoms with E-state index in [1.807, 2.05) is 0 Å². The van der Waals surface area contributed by atoms with Crippen LogP contribution in [-0.2, 0) is 18.9 Å². The van der Waals surface area contributed by atoms with E-state index in [-0.39, 0.29) is 0 Å². The number of aliphatic hydroxyl groups is 5. The van der Waals surface area contributed by atoms with Crippen LogP contribution in [0.4, 0.5) is 0 Å². The zero-order valence-electron chi connectivity index (χ0n) is 14.9. The highest BCUT2D eigenvalue weighted by Crippen LogP contribution is 2.33. The predicted molar refractivity (Wildman–Crippen MR) is 92.5 cm³/mol. The number of aliphatic hydroxyl groups excluding tert-OH is 5. The van der Waals surface area contributed by atoms with Crippen molar-refractivity contribution in [2.45, 2.75) is 63.1 Å². The predicted octanol–water partition coefficient (Wildman–Crippen LogP) is -1.89. The van der Waals surface area contributed by atoms with E-state index in [0.29, 0.717) is 12.4 Å². The largest absolute Gasteiger partial charge is 0.394 e. The van der Waals surface area contributed by atoms with Gasteiger partial charge in [-0.25, -0.2) is 0 Å². The van der Waals surface area contributed by atoms with Gasteiger partial charge >= 0.3 is 0 Å². The van der Waals surface area contributed by atoms with Crippen LogP contribution < -0.4 is 0 Å². The molecule has 2 fully saturated rings. The molecule has 154 valence electrons. The first-order valence-electron chi connectivity index (χ1n) is 8.80. The van der Waals surface area contributed by atoms with E-state index in [9.17, 15) is 25.5 Å². The summed E-state index contributed by atoms with van der Waals surface area (Å²) in [4.78, 5) is 0. The summed E-state index contributed by atoms with van der Waals surface area (Å²) in [7, 11) is 0. The molecule has 10 atom stereocenters.